The molecule has 0 saturated heterocycles. The molecule has 0 bridgehead atoms. The summed E-state index contributed by atoms with van der Waals surface area (Å²) in [5.74, 6) is 0.462. The van der Waals surface area contributed by atoms with E-state index in [9.17, 15) is 9.59 Å². The monoisotopic (exact) mass is 396 g/mol. The molecule has 1 aliphatic rings. The summed E-state index contributed by atoms with van der Waals surface area (Å²) in [6, 6.07) is 7.16. The lowest BCUT2D eigenvalue weighted by Crippen LogP contribution is -2.54. The second kappa shape index (κ2) is 9.31. The number of para-hydroxylation sites is 1. The smallest absolute Gasteiger partial charge is 0.407 e. The van der Waals surface area contributed by atoms with Crippen LogP contribution in [0.25, 0.3) is 0 Å². The summed E-state index contributed by atoms with van der Waals surface area (Å²) in [5, 5.41) is 6.40. The number of hydrogen-bond acceptors (Lipinski definition) is 4. The number of rotatable bonds is 7. The van der Waals surface area contributed by atoms with Gasteiger partial charge in [0.25, 0.3) is 0 Å². The van der Waals surface area contributed by atoms with Crippen molar-refractivity contribution in [3.05, 3.63) is 29.3 Å². The number of ether oxygens (including phenoxy) is 2. The molecule has 1 aromatic rings. The first-order valence-electron chi connectivity index (χ1n) is 9.34. The van der Waals surface area contributed by atoms with Crippen molar-refractivity contribution in [2.24, 2.45) is 0 Å². The highest BCUT2D eigenvalue weighted by molar-refractivity contribution is 6.32. The zero-order chi connectivity index (χ0) is 19.9. The van der Waals surface area contributed by atoms with Gasteiger partial charge in [0.05, 0.1) is 23.6 Å². The molecular formula is C20H29ClN2O4. The van der Waals surface area contributed by atoms with E-state index in [0.29, 0.717) is 17.3 Å². The zero-order valence-corrected chi connectivity index (χ0v) is 17.0. The molecule has 0 atom stereocenters. The van der Waals surface area contributed by atoms with Crippen molar-refractivity contribution < 1.29 is 19.1 Å². The van der Waals surface area contributed by atoms with Crippen LogP contribution in [0.3, 0.4) is 0 Å². The van der Waals surface area contributed by atoms with Crippen molar-refractivity contribution >= 4 is 23.6 Å². The minimum Gasteiger partial charge on any atom is -0.491 e. The predicted octanol–water partition coefficient (Wildman–Crippen LogP) is 4.06. The Labute approximate surface area is 165 Å². The van der Waals surface area contributed by atoms with Crippen molar-refractivity contribution in [1.29, 1.82) is 0 Å². The lowest BCUT2D eigenvalue weighted by molar-refractivity contribution is -0.123. The van der Waals surface area contributed by atoms with Crippen LogP contribution in [0.15, 0.2) is 24.3 Å². The molecule has 0 aliphatic heterocycles. The van der Waals surface area contributed by atoms with Crippen LogP contribution in [0.5, 0.6) is 5.75 Å². The molecular weight excluding hydrogens is 368 g/mol. The molecule has 0 aromatic heterocycles. The summed E-state index contributed by atoms with van der Waals surface area (Å²) in [6.07, 6.45) is 3.46. The first-order valence-corrected chi connectivity index (χ1v) is 9.72. The second-order valence-corrected chi connectivity index (χ2v) is 8.33. The van der Waals surface area contributed by atoms with Gasteiger partial charge in [-0.05, 0) is 45.7 Å². The van der Waals surface area contributed by atoms with Crippen molar-refractivity contribution in [3.63, 3.8) is 0 Å². The van der Waals surface area contributed by atoms with Gasteiger partial charge >= 0.3 is 6.09 Å². The number of carbonyl (C=O) groups is 2. The van der Waals surface area contributed by atoms with Gasteiger partial charge in [-0.2, -0.15) is 0 Å². The predicted molar refractivity (Wildman–Crippen MR) is 105 cm³/mol. The lowest BCUT2D eigenvalue weighted by atomic mass is 9.97. The Hall–Kier alpha value is -1.95. The highest BCUT2D eigenvalue weighted by Gasteiger charge is 2.36. The molecule has 7 heteroatoms. The molecule has 2 rings (SSSR count). The molecule has 1 saturated carbocycles. The summed E-state index contributed by atoms with van der Waals surface area (Å²) < 4.78 is 10.9. The number of hydrogen-bond donors (Lipinski definition) is 2. The zero-order valence-electron chi connectivity index (χ0n) is 16.3. The molecule has 2 amide bonds. The number of alkyl carbamates (subject to hydrolysis) is 1. The number of carbonyl (C=O) groups excluding carboxylic acids is 2. The van der Waals surface area contributed by atoms with Gasteiger partial charge < -0.3 is 20.1 Å². The van der Waals surface area contributed by atoms with Crippen molar-refractivity contribution in [2.75, 3.05) is 13.2 Å². The molecule has 6 nitrogen and oxygen atoms in total. The van der Waals surface area contributed by atoms with E-state index in [-0.39, 0.29) is 18.9 Å². The van der Waals surface area contributed by atoms with Crippen LogP contribution >= 0.6 is 11.6 Å². The van der Waals surface area contributed by atoms with Crippen LogP contribution in [0.1, 0.15) is 52.9 Å². The molecule has 2 N–H and O–H groups in total. The molecule has 0 unspecified atom stereocenters. The molecule has 0 heterocycles. The minimum absolute atomic E-state index is 0.102. The molecule has 1 aliphatic carbocycles. The lowest BCUT2D eigenvalue weighted by Gasteiger charge is -2.31. The highest BCUT2D eigenvalue weighted by Crippen LogP contribution is 2.29. The molecule has 150 valence electrons. The third kappa shape index (κ3) is 7.29. The van der Waals surface area contributed by atoms with Crippen LogP contribution in [0.2, 0.25) is 5.02 Å². The van der Waals surface area contributed by atoms with Gasteiger partial charge in [-0.1, -0.05) is 36.6 Å². The van der Waals surface area contributed by atoms with Gasteiger partial charge in [-0.25, -0.2) is 4.79 Å². The summed E-state index contributed by atoms with van der Waals surface area (Å²) in [7, 11) is 0. The first-order chi connectivity index (χ1) is 12.7. The summed E-state index contributed by atoms with van der Waals surface area (Å²) in [5.41, 5.74) is -0.968. The number of amides is 2. The van der Waals surface area contributed by atoms with Crippen LogP contribution in [0, 0.1) is 0 Å². The Balaban J connectivity index is 1.81. The highest BCUT2D eigenvalue weighted by atomic mass is 35.5. The van der Waals surface area contributed by atoms with E-state index in [0.717, 1.165) is 25.7 Å². The Morgan fingerprint density at radius 1 is 1.19 bits per heavy atom. The molecule has 0 radical (unpaired) electrons. The van der Waals surface area contributed by atoms with Gasteiger partial charge in [-0.15, -0.1) is 0 Å². The van der Waals surface area contributed by atoms with E-state index >= 15 is 0 Å². The van der Waals surface area contributed by atoms with Gasteiger partial charge in [0.2, 0.25) is 5.91 Å². The maximum Gasteiger partial charge on any atom is 0.407 e. The first kappa shape index (κ1) is 21.4. The SMILES string of the molecule is CC(C)(C)OC(=O)NCC1(NC(=O)CCOc2ccccc2Cl)CCCC1. The number of benzene rings is 1. The van der Waals surface area contributed by atoms with Crippen LogP contribution in [-0.4, -0.2) is 36.3 Å². The Morgan fingerprint density at radius 2 is 1.85 bits per heavy atom. The van der Waals surface area contributed by atoms with E-state index in [2.05, 4.69) is 10.6 Å². The normalized spacial score (nSPS) is 15.9. The van der Waals surface area contributed by atoms with Crippen LogP contribution in [-0.2, 0) is 9.53 Å². The topological polar surface area (TPSA) is 76.7 Å². The molecule has 0 spiro atoms. The molecule has 27 heavy (non-hydrogen) atoms. The van der Waals surface area contributed by atoms with E-state index in [4.69, 9.17) is 21.1 Å². The maximum absolute atomic E-state index is 12.4. The van der Waals surface area contributed by atoms with Crippen molar-refractivity contribution in [1.82, 2.24) is 10.6 Å². The summed E-state index contributed by atoms with van der Waals surface area (Å²) >= 11 is 6.04. The van der Waals surface area contributed by atoms with E-state index < -0.39 is 17.2 Å². The Kier molecular flexibility index (Phi) is 7.36. The van der Waals surface area contributed by atoms with Gasteiger partial charge in [-0.3, -0.25) is 4.79 Å². The average Bonchev–Trinajstić information content (AvgIpc) is 3.02. The molecule has 1 fully saturated rings. The molecule has 1 aromatic carbocycles. The van der Waals surface area contributed by atoms with E-state index in [1.807, 2.05) is 32.9 Å². The van der Waals surface area contributed by atoms with E-state index in [1.54, 1.807) is 12.1 Å². The van der Waals surface area contributed by atoms with Crippen LogP contribution < -0.4 is 15.4 Å². The Morgan fingerprint density at radius 3 is 2.48 bits per heavy atom. The maximum atomic E-state index is 12.4. The Bertz CT molecular complexity index is 652. The van der Waals surface area contributed by atoms with Gasteiger partial charge in [0.1, 0.15) is 11.4 Å². The summed E-state index contributed by atoms with van der Waals surface area (Å²) in [4.78, 5) is 24.3. The van der Waals surface area contributed by atoms with Gasteiger partial charge in [0, 0.05) is 6.54 Å². The number of nitrogens with one attached hydrogen (secondary N) is 2. The van der Waals surface area contributed by atoms with Gasteiger partial charge in [0.15, 0.2) is 0 Å². The third-order valence-electron chi connectivity index (χ3n) is 4.36. The average molecular weight is 397 g/mol. The largest absolute Gasteiger partial charge is 0.491 e. The number of halogens is 1. The quantitative estimate of drug-likeness (QED) is 0.728. The second-order valence-electron chi connectivity index (χ2n) is 7.92. The fourth-order valence-electron chi connectivity index (χ4n) is 3.13. The van der Waals surface area contributed by atoms with E-state index in [1.165, 1.54) is 0 Å². The summed E-state index contributed by atoms with van der Waals surface area (Å²) in [6.45, 7) is 6.06. The van der Waals surface area contributed by atoms with Crippen LogP contribution in [0.4, 0.5) is 4.79 Å². The third-order valence-corrected chi connectivity index (χ3v) is 4.67. The van der Waals surface area contributed by atoms with Crippen molar-refractivity contribution in [2.45, 2.75) is 64.0 Å². The minimum atomic E-state index is -0.549. The fraction of sp³-hybridized carbons (Fsp3) is 0.600. The fourth-order valence-corrected chi connectivity index (χ4v) is 3.32. The van der Waals surface area contributed by atoms with Crippen molar-refractivity contribution in [3.8, 4) is 5.75 Å². The standard InChI is InChI=1S/C20H29ClN2O4/c1-19(2,3)27-18(25)22-14-20(11-6-7-12-20)23-17(24)10-13-26-16-9-5-4-8-15(16)21/h4-5,8-9H,6-7,10-14H2,1-3H3,(H,22,25)(H,23,24).